The summed E-state index contributed by atoms with van der Waals surface area (Å²) >= 11 is 0. The summed E-state index contributed by atoms with van der Waals surface area (Å²) in [4.78, 5) is 2.80. The molecule has 112 valence electrons. The Morgan fingerprint density at radius 3 is 2.47 bits per heavy atom. The first kappa shape index (κ1) is 15.3. The number of rotatable bonds is 7. The fraction of sp³-hybridized carbons (Fsp3) is 1.00. The lowest BCUT2D eigenvalue weighted by molar-refractivity contribution is 0.0926. The van der Waals surface area contributed by atoms with E-state index in [-0.39, 0.29) is 0 Å². The Morgan fingerprint density at radius 2 is 1.95 bits per heavy atom. The molecule has 0 bridgehead atoms. The van der Waals surface area contributed by atoms with Crippen molar-refractivity contribution in [3.8, 4) is 0 Å². The van der Waals surface area contributed by atoms with Crippen LogP contribution in [0.3, 0.4) is 0 Å². The molecule has 0 radical (unpaired) electrons. The second kappa shape index (κ2) is 6.58. The third kappa shape index (κ3) is 4.75. The summed E-state index contributed by atoms with van der Waals surface area (Å²) in [5.41, 5.74) is 0.465. The average Bonchev–Trinajstić information content (AvgIpc) is 3.19. The quantitative estimate of drug-likeness (QED) is 0.758. The Kier molecular flexibility index (Phi) is 5.30. The zero-order valence-electron chi connectivity index (χ0n) is 13.5. The maximum atomic E-state index is 3.59. The van der Waals surface area contributed by atoms with E-state index in [0.29, 0.717) is 5.41 Å². The summed E-state index contributed by atoms with van der Waals surface area (Å²) in [5, 5.41) is 3.59. The molecule has 2 rings (SSSR count). The summed E-state index contributed by atoms with van der Waals surface area (Å²) in [6.07, 6.45) is 7.02. The minimum atomic E-state index is 0.465. The van der Waals surface area contributed by atoms with Gasteiger partial charge in [0.05, 0.1) is 0 Å². The van der Waals surface area contributed by atoms with Crippen molar-refractivity contribution in [1.82, 2.24) is 10.2 Å². The molecule has 2 aliphatic rings. The lowest BCUT2D eigenvalue weighted by Crippen LogP contribution is -2.45. The standard InChI is InChI=1S/C17H34N2/c1-14(2)9-11-19(16-7-8-16)13-17(3,4)15-6-5-10-18-12-15/h14-16,18H,5-13H2,1-4H3. The van der Waals surface area contributed by atoms with Crippen LogP contribution in [0.15, 0.2) is 0 Å². The maximum absolute atomic E-state index is 3.59. The van der Waals surface area contributed by atoms with Crippen molar-refractivity contribution in [1.29, 1.82) is 0 Å². The fourth-order valence-corrected chi connectivity index (χ4v) is 3.43. The molecular formula is C17H34N2. The number of hydrogen-bond acceptors (Lipinski definition) is 2. The molecular weight excluding hydrogens is 232 g/mol. The van der Waals surface area contributed by atoms with Gasteiger partial charge in [-0.25, -0.2) is 0 Å². The van der Waals surface area contributed by atoms with Crippen LogP contribution in [0.1, 0.15) is 59.8 Å². The predicted molar refractivity (Wildman–Crippen MR) is 83.4 cm³/mol. The smallest absolute Gasteiger partial charge is 0.00966 e. The van der Waals surface area contributed by atoms with Crippen LogP contribution in [0.4, 0.5) is 0 Å². The average molecular weight is 266 g/mol. The van der Waals surface area contributed by atoms with Gasteiger partial charge in [0, 0.05) is 12.6 Å². The number of nitrogens with zero attached hydrogens (tertiary/aromatic N) is 1. The van der Waals surface area contributed by atoms with Gasteiger partial charge < -0.3 is 5.32 Å². The van der Waals surface area contributed by atoms with Gasteiger partial charge in [0.2, 0.25) is 0 Å². The van der Waals surface area contributed by atoms with Crippen LogP contribution in [0.25, 0.3) is 0 Å². The molecule has 0 spiro atoms. The molecule has 1 heterocycles. The third-order valence-electron chi connectivity index (χ3n) is 5.07. The van der Waals surface area contributed by atoms with Crippen molar-refractivity contribution < 1.29 is 0 Å². The lowest BCUT2D eigenvalue weighted by Gasteiger charge is -2.41. The Balaban J connectivity index is 1.87. The second-order valence-corrected chi connectivity index (χ2v) is 7.92. The molecule has 1 saturated carbocycles. The minimum Gasteiger partial charge on any atom is -0.316 e. The van der Waals surface area contributed by atoms with Gasteiger partial charge in [-0.2, -0.15) is 0 Å². The molecule has 1 aliphatic heterocycles. The summed E-state index contributed by atoms with van der Waals surface area (Å²) in [7, 11) is 0. The highest BCUT2D eigenvalue weighted by molar-refractivity contribution is 4.91. The van der Waals surface area contributed by atoms with Gasteiger partial charge in [-0.15, -0.1) is 0 Å². The minimum absolute atomic E-state index is 0.465. The molecule has 0 aromatic carbocycles. The van der Waals surface area contributed by atoms with Crippen molar-refractivity contribution in [3.63, 3.8) is 0 Å². The van der Waals surface area contributed by atoms with Crippen LogP contribution in [-0.2, 0) is 0 Å². The van der Waals surface area contributed by atoms with Gasteiger partial charge in [-0.3, -0.25) is 4.90 Å². The van der Waals surface area contributed by atoms with Gasteiger partial charge in [-0.05, 0) is 69.0 Å². The summed E-state index contributed by atoms with van der Waals surface area (Å²) < 4.78 is 0. The van der Waals surface area contributed by atoms with Crippen molar-refractivity contribution in [3.05, 3.63) is 0 Å². The second-order valence-electron chi connectivity index (χ2n) is 7.92. The number of piperidine rings is 1. The summed E-state index contributed by atoms with van der Waals surface area (Å²) in [6, 6.07) is 0.912. The normalized spacial score (nSPS) is 25.3. The van der Waals surface area contributed by atoms with Crippen molar-refractivity contribution in [2.45, 2.75) is 65.8 Å². The first-order valence-electron chi connectivity index (χ1n) is 8.44. The van der Waals surface area contributed by atoms with E-state index in [2.05, 4.69) is 37.9 Å². The molecule has 1 unspecified atom stereocenters. The van der Waals surface area contributed by atoms with Crippen LogP contribution in [0.5, 0.6) is 0 Å². The molecule has 2 nitrogen and oxygen atoms in total. The molecule has 1 saturated heterocycles. The molecule has 2 fully saturated rings. The summed E-state index contributed by atoms with van der Waals surface area (Å²) in [5.74, 6) is 1.70. The topological polar surface area (TPSA) is 15.3 Å². The zero-order valence-corrected chi connectivity index (χ0v) is 13.5. The SMILES string of the molecule is CC(C)CCN(CC(C)(C)C1CCCNC1)C1CC1. The molecule has 2 heteroatoms. The van der Waals surface area contributed by atoms with Gasteiger partial charge in [0.25, 0.3) is 0 Å². The number of hydrogen-bond donors (Lipinski definition) is 1. The van der Waals surface area contributed by atoms with E-state index in [1.807, 2.05) is 0 Å². The Bertz CT molecular complexity index is 262. The van der Waals surface area contributed by atoms with Crippen molar-refractivity contribution in [2.24, 2.45) is 17.3 Å². The van der Waals surface area contributed by atoms with E-state index in [9.17, 15) is 0 Å². The van der Waals surface area contributed by atoms with E-state index in [4.69, 9.17) is 0 Å². The molecule has 0 aromatic rings. The van der Waals surface area contributed by atoms with Crippen molar-refractivity contribution >= 4 is 0 Å². The van der Waals surface area contributed by atoms with Crippen molar-refractivity contribution in [2.75, 3.05) is 26.2 Å². The fourth-order valence-electron chi connectivity index (χ4n) is 3.43. The molecule has 0 amide bonds. The van der Waals surface area contributed by atoms with E-state index in [1.165, 1.54) is 58.3 Å². The van der Waals surface area contributed by atoms with E-state index in [0.717, 1.165) is 17.9 Å². The highest BCUT2D eigenvalue weighted by Gasteiger charge is 2.36. The first-order chi connectivity index (χ1) is 8.99. The van der Waals surface area contributed by atoms with Crippen LogP contribution in [0, 0.1) is 17.3 Å². The lowest BCUT2D eigenvalue weighted by atomic mass is 9.74. The van der Waals surface area contributed by atoms with Gasteiger partial charge in [0.1, 0.15) is 0 Å². The Hall–Kier alpha value is -0.0800. The monoisotopic (exact) mass is 266 g/mol. The number of nitrogens with one attached hydrogen (secondary N) is 1. The first-order valence-corrected chi connectivity index (χ1v) is 8.44. The highest BCUT2D eigenvalue weighted by atomic mass is 15.2. The zero-order chi connectivity index (χ0) is 13.9. The Labute approximate surface area is 120 Å². The predicted octanol–water partition coefficient (Wildman–Crippen LogP) is 3.52. The van der Waals surface area contributed by atoms with Crippen LogP contribution in [-0.4, -0.2) is 37.1 Å². The van der Waals surface area contributed by atoms with Crippen LogP contribution in [0.2, 0.25) is 0 Å². The third-order valence-corrected chi connectivity index (χ3v) is 5.07. The van der Waals surface area contributed by atoms with E-state index < -0.39 is 0 Å². The molecule has 1 aliphatic carbocycles. The van der Waals surface area contributed by atoms with Crippen LogP contribution < -0.4 is 5.32 Å². The molecule has 1 N–H and O–H groups in total. The van der Waals surface area contributed by atoms with E-state index in [1.54, 1.807) is 0 Å². The summed E-state index contributed by atoms with van der Waals surface area (Å²) in [6.45, 7) is 14.8. The van der Waals surface area contributed by atoms with Gasteiger partial charge >= 0.3 is 0 Å². The molecule has 19 heavy (non-hydrogen) atoms. The molecule has 1 atom stereocenters. The highest BCUT2D eigenvalue weighted by Crippen LogP contribution is 2.36. The van der Waals surface area contributed by atoms with Gasteiger partial charge in [-0.1, -0.05) is 27.7 Å². The maximum Gasteiger partial charge on any atom is 0.00966 e. The van der Waals surface area contributed by atoms with E-state index >= 15 is 0 Å². The van der Waals surface area contributed by atoms with Gasteiger partial charge in [0.15, 0.2) is 0 Å². The largest absolute Gasteiger partial charge is 0.316 e. The van der Waals surface area contributed by atoms with Crippen LogP contribution >= 0.6 is 0 Å². The molecule has 0 aromatic heterocycles. The Morgan fingerprint density at radius 1 is 1.21 bits per heavy atom.